The first-order valence-electron chi connectivity index (χ1n) is 10.2. The highest BCUT2D eigenvalue weighted by molar-refractivity contribution is 5.79. The van der Waals surface area contributed by atoms with E-state index in [1.807, 2.05) is 58.4 Å². The Kier molecular flexibility index (Phi) is 4.51. The van der Waals surface area contributed by atoms with Crippen molar-refractivity contribution in [1.29, 1.82) is 0 Å². The van der Waals surface area contributed by atoms with Crippen LogP contribution >= 0.6 is 0 Å². The molecule has 1 amide bonds. The summed E-state index contributed by atoms with van der Waals surface area (Å²) in [5.74, 6) is 1.15. The molecule has 30 heavy (non-hydrogen) atoms. The third kappa shape index (κ3) is 3.22. The summed E-state index contributed by atoms with van der Waals surface area (Å²) >= 11 is 0. The Hall–Kier alpha value is -3.60. The lowest BCUT2D eigenvalue weighted by atomic mass is 10.1. The zero-order valence-electron chi connectivity index (χ0n) is 17.2. The molecule has 0 unspecified atom stereocenters. The molecule has 0 aliphatic carbocycles. The lowest BCUT2D eigenvalue weighted by molar-refractivity contribution is -0.131. The minimum absolute atomic E-state index is 0.138. The summed E-state index contributed by atoms with van der Waals surface area (Å²) in [5, 5.41) is 4.93. The SMILES string of the molecule is Cc1cccc(CC(=O)N2Cc3nn(-c4ccccc4C)c(-n4cccc4)c3C2)c1. The van der Waals surface area contributed by atoms with E-state index in [9.17, 15) is 4.79 Å². The van der Waals surface area contributed by atoms with Crippen molar-refractivity contribution in [2.75, 3.05) is 0 Å². The van der Waals surface area contributed by atoms with Crippen molar-refractivity contribution in [3.05, 3.63) is 101 Å². The van der Waals surface area contributed by atoms with Gasteiger partial charge in [-0.1, -0.05) is 48.0 Å². The highest BCUT2D eigenvalue weighted by Crippen LogP contribution is 2.31. The van der Waals surface area contributed by atoms with E-state index < -0.39 is 0 Å². The van der Waals surface area contributed by atoms with Crippen LogP contribution in [0, 0.1) is 13.8 Å². The predicted molar refractivity (Wildman–Crippen MR) is 117 cm³/mol. The number of hydrogen-bond acceptors (Lipinski definition) is 2. The van der Waals surface area contributed by atoms with Crippen LogP contribution in [-0.4, -0.2) is 25.2 Å². The van der Waals surface area contributed by atoms with Crippen LogP contribution in [0.1, 0.15) is 27.9 Å². The molecular formula is C25H24N4O. The van der Waals surface area contributed by atoms with E-state index in [-0.39, 0.29) is 5.91 Å². The highest BCUT2D eigenvalue weighted by Gasteiger charge is 2.31. The second-order valence-electron chi connectivity index (χ2n) is 7.95. The van der Waals surface area contributed by atoms with Gasteiger partial charge in [-0.2, -0.15) is 5.10 Å². The largest absolute Gasteiger partial charge is 0.332 e. The molecular weight excluding hydrogens is 372 g/mol. The van der Waals surface area contributed by atoms with Crippen LogP contribution in [0.25, 0.3) is 11.5 Å². The quantitative estimate of drug-likeness (QED) is 0.514. The molecule has 4 aromatic rings. The molecule has 0 bridgehead atoms. The monoisotopic (exact) mass is 396 g/mol. The molecule has 5 rings (SSSR count). The fourth-order valence-corrected chi connectivity index (χ4v) is 4.20. The number of aryl methyl sites for hydroxylation is 2. The lowest BCUT2D eigenvalue weighted by Gasteiger charge is -2.18. The summed E-state index contributed by atoms with van der Waals surface area (Å²) in [6, 6.07) is 20.4. The molecule has 0 N–H and O–H groups in total. The maximum Gasteiger partial charge on any atom is 0.227 e. The van der Waals surface area contributed by atoms with Crippen LogP contribution in [0.5, 0.6) is 0 Å². The average Bonchev–Trinajstić information content (AvgIpc) is 3.44. The average molecular weight is 396 g/mol. The van der Waals surface area contributed by atoms with Gasteiger partial charge >= 0.3 is 0 Å². The van der Waals surface area contributed by atoms with Gasteiger partial charge in [-0.05, 0) is 43.2 Å². The summed E-state index contributed by atoms with van der Waals surface area (Å²) in [5.41, 5.74) is 6.55. The fourth-order valence-electron chi connectivity index (χ4n) is 4.20. The molecule has 0 saturated heterocycles. The summed E-state index contributed by atoms with van der Waals surface area (Å²) in [6.45, 7) is 5.28. The van der Waals surface area contributed by atoms with Gasteiger partial charge in [0.15, 0.2) is 0 Å². The van der Waals surface area contributed by atoms with Crippen molar-refractivity contribution in [2.24, 2.45) is 0 Å². The number of nitrogens with zero attached hydrogens (tertiary/aromatic N) is 4. The first-order chi connectivity index (χ1) is 14.6. The third-order valence-electron chi connectivity index (χ3n) is 5.71. The van der Waals surface area contributed by atoms with Gasteiger partial charge < -0.3 is 9.47 Å². The second-order valence-corrected chi connectivity index (χ2v) is 7.95. The molecule has 2 aromatic heterocycles. The molecule has 0 saturated carbocycles. The lowest BCUT2D eigenvalue weighted by Crippen LogP contribution is -2.28. The Labute approximate surface area is 176 Å². The molecule has 0 atom stereocenters. The summed E-state index contributed by atoms with van der Waals surface area (Å²) < 4.78 is 4.11. The van der Waals surface area contributed by atoms with Crippen molar-refractivity contribution in [3.8, 4) is 11.5 Å². The first-order valence-corrected chi connectivity index (χ1v) is 10.2. The molecule has 3 heterocycles. The van der Waals surface area contributed by atoms with Crippen LogP contribution < -0.4 is 0 Å². The number of para-hydroxylation sites is 1. The van der Waals surface area contributed by atoms with Crippen molar-refractivity contribution in [1.82, 2.24) is 19.2 Å². The molecule has 5 nitrogen and oxygen atoms in total. The van der Waals surface area contributed by atoms with Gasteiger partial charge in [0.25, 0.3) is 0 Å². The van der Waals surface area contributed by atoms with E-state index >= 15 is 0 Å². The minimum atomic E-state index is 0.138. The Morgan fingerprint density at radius 3 is 2.53 bits per heavy atom. The molecule has 1 aliphatic heterocycles. The maximum absolute atomic E-state index is 13.0. The van der Waals surface area contributed by atoms with Crippen LogP contribution in [0.2, 0.25) is 0 Å². The predicted octanol–water partition coefficient (Wildman–Crippen LogP) is 4.36. The Morgan fingerprint density at radius 2 is 1.77 bits per heavy atom. The highest BCUT2D eigenvalue weighted by atomic mass is 16.2. The number of benzene rings is 2. The van der Waals surface area contributed by atoms with Crippen molar-refractivity contribution in [3.63, 3.8) is 0 Å². The topological polar surface area (TPSA) is 43.1 Å². The van der Waals surface area contributed by atoms with Gasteiger partial charge in [-0.3, -0.25) is 4.79 Å². The van der Waals surface area contributed by atoms with E-state index in [4.69, 9.17) is 5.10 Å². The molecule has 0 spiro atoms. The van der Waals surface area contributed by atoms with Crippen molar-refractivity contribution in [2.45, 2.75) is 33.4 Å². The standard InChI is InChI=1S/C25H24N4O/c1-18-8-7-10-20(14-18)15-24(30)28-16-21-22(17-28)26-29(23-11-4-3-9-19(23)2)25(21)27-12-5-6-13-27/h3-14H,15-17H2,1-2H3. The molecule has 2 aromatic carbocycles. The minimum Gasteiger partial charge on any atom is -0.332 e. The Morgan fingerprint density at radius 1 is 0.967 bits per heavy atom. The van der Waals surface area contributed by atoms with Crippen LogP contribution in [0.4, 0.5) is 0 Å². The van der Waals surface area contributed by atoms with Gasteiger partial charge in [0.2, 0.25) is 5.91 Å². The van der Waals surface area contributed by atoms with Crippen LogP contribution in [-0.2, 0) is 24.3 Å². The smallest absolute Gasteiger partial charge is 0.227 e. The normalized spacial score (nSPS) is 12.9. The van der Waals surface area contributed by atoms with Gasteiger partial charge in [-0.25, -0.2) is 4.68 Å². The van der Waals surface area contributed by atoms with Crippen molar-refractivity contribution < 1.29 is 4.79 Å². The van der Waals surface area contributed by atoms with E-state index in [1.54, 1.807) is 0 Å². The Balaban J connectivity index is 1.48. The van der Waals surface area contributed by atoms with Gasteiger partial charge in [0.05, 0.1) is 30.9 Å². The third-order valence-corrected chi connectivity index (χ3v) is 5.71. The molecule has 1 aliphatic rings. The fraction of sp³-hybridized carbons (Fsp3) is 0.200. The number of carbonyl (C=O) groups is 1. The zero-order valence-corrected chi connectivity index (χ0v) is 17.2. The molecule has 0 radical (unpaired) electrons. The van der Waals surface area contributed by atoms with Crippen LogP contribution in [0.15, 0.2) is 73.1 Å². The number of amides is 1. The molecule has 150 valence electrons. The van der Waals surface area contributed by atoms with E-state index in [1.165, 1.54) is 11.1 Å². The second kappa shape index (κ2) is 7.34. The van der Waals surface area contributed by atoms with Gasteiger partial charge in [0.1, 0.15) is 5.82 Å². The first kappa shape index (κ1) is 18.4. The Bertz CT molecular complexity index is 1220. The number of aromatic nitrogens is 3. The van der Waals surface area contributed by atoms with Crippen LogP contribution in [0.3, 0.4) is 0 Å². The number of hydrogen-bond donors (Lipinski definition) is 0. The number of rotatable bonds is 4. The number of carbonyl (C=O) groups excluding carboxylic acids is 1. The van der Waals surface area contributed by atoms with Crippen molar-refractivity contribution >= 4 is 5.91 Å². The molecule has 5 heteroatoms. The summed E-state index contributed by atoms with van der Waals surface area (Å²) in [6.07, 6.45) is 4.48. The van der Waals surface area contributed by atoms with E-state index in [0.717, 1.165) is 28.3 Å². The van der Waals surface area contributed by atoms with Gasteiger partial charge in [-0.15, -0.1) is 0 Å². The zero-order chi connectivity index (χ0) is 20.7. The summed E-state index contributed by atoms with van der Waals surface area (Å²) in [4.78, 5) is 14.9. The maximum atomic E-state index is 13.0. The van der Waals surface area contributed by atoms with Gasteiger partial charge in [0, 0.05) is 18.0 Å². The van der Waals surface area contributed by atoms with E-state index in [2.05, 4.69) is 42.7 Å². The van der Waals surface area contributed by atoms with E-state index in [0.29, 0.717) is 19.5 Å². The number of fused-ring (bicyclic) bond motifs is 1. The summed E-state index contributed by atoms with van der Waals surface area (Å²) in [7, 11) is 0. The molecule has 0 fully saturated rings.